The maximum Gasteiger partial charge on any atom is 0.0397 e. The summed E-state index contributed by atoms with van der Waals surface area (Å²) in [6.07, 6.45) is 3.08. The summed E-state index contributed by atoms with van der Waals surface area (Å²) in [5.74, 6) is 0. The number of hydrogen-bond donors (Lipinski definition) is 1. The zero-order valence-corrected chi connectivity index (χ0v) is 12.0. The largest absolute Gasteiger partial charge is 0.314 e. The van der Waals surface area contributed by atoms with Crippen molar-refractivity contribution in [2.24, 2.45) is 0 Å². The van der Waals surface area contributed by atoms with Gasteiger partial charge in [0.1, 0.15) is 0 Å². The van der Waals surface area contributed by atoms with Crippen LogP contribution in [0.5, 0.6) is 0 Å². The van der Waals surface area contributed by atoms with Crippen LogP contribution < -0.4 is 5.32 Å². The maximum atomic E-state index is 3.95. The molecule has 1 aliphatic heterocycles. The van der Waals surface area contributed by atoms with E-state index in [1.165, 1.54) is 15.6 Å². The lowest BCUT2D eigenvalue weighted by atomic mass is 10.0. The summed E-state index contributed by atoms with van der Waals surface area (Å²) in [6, 6.07) is 9.21. The molecule has 0 saturated carbocycles. The van der Waals surface area contributed by atoms with Gasteiger partial charge in [-0.15, -0.1) is 17.9 Å². The Hall–Kier alpha value is -1.16. The molecule has 1 aromatic carbocycles. The van der Waals surface area contributed by atoms with Crippen molar-refractivity contribution in [3.8, 4) is 0 Å². The highest BCUT2D eigenvalue weighted by Crippen LogP contribution is 2.35. The minimum atomic E-state index is 0.482. The lowest BCUT2D eigenvalue weighted by molar-refractivity contribution is 0.176. The summed E-state index contributed by atoms with van der Waals surface area (Å²) in [5.41, 5.74) is 1.47. The van der Waals surface area contributed by atoms with E-state index in [1.54, 1.807) is 0 Å². The number of fused-ring (bicyclic) bond motifs is 1. The van der Waals surface area contributed by atoms with Crippen LogP contribution in [0, 0.1) is 0 Å². The predicted octanol–water partition coefficient (Wildman–Crippen LogP) is 3.42. The fourth-order valence-electron chi connectivity index (χ4n) is 2.88. The molecule has 1 N–H and O–H groups in total. The van der Waals surface area contributed by atoms with Crippen molar-refractivity contribution in [2.45, 2.75) is 12.5 Å². The van der Waals surface area contributed by atoms with Gasteiger partial charge in [-0.05, 0) is 28.8 Å². The van der Waals surface area contributed by atoms with Crippen LogP contribution in [0.15, 0.2) is 42.3 Å². The summed E-state index contributed by atoms with van der Waals surface area (Å²) in [5, 5.41) is 7.18. The van der Waals surface area contributed by atoms with E-state index >= 15 is 0 Å². The Labute approximate surface area is 118 Å². The topological polar surface area (TPSA) is 15.3 Å². The summed E-state index contributed by atoms with van der Waals surface area (Å²) in [4.78, 5) is 2.59. The molecule has 2 heterocycles. The molecule has 1 fully saturated rings. The van der Waals surface area contributed by atoms with Crippen molar-refractivity contribution >= 4 is 21.4 Å². The van der Waals surface area contributed by atoms with Crippen molar-refractivity contribution in [1.82, 2.24) is 10.2 Å². The Balaban J connectivity index is 1.96. The van der Waals surface area contributed by atoms with Crippen LogP contribution in [0.1, 0.15) is 18.0 Å². The molecule has 1 aliphatic rings. The average Bonchev–Trinajstić information content (AvgIpc) is 2.89. The van der Waals surface area contributed by atoms with Crippen molar-refractivity contribution in [1.29, 1.82) is 0 Å². The van der Waals surface area contributed by atoms with Crippen LogP contribution in [0.25, 0.3) is 10.1 Å². The van der Waals surface area contributed by atoms with Gasteiger partial charge in [0.25, 0.3) is 0 Å². The third-order valence-electron chi connectivity index (χ3n) is 3.85. The standard InChI is InChI=1S/C16H20N2S/c1-2-5-15(18-10-8-17-9-11-18)14-12-19-16-7-4-3-6-13(14)16/h2-4,6-7,12,15,17H,1,5,8-11H2/t15-/m1/s1. The van der Waals surface area contributed by atoms with E-state index in [0.717, 1.165) is 32.6 Å². The summed E-state index contributed by atoms with van der Waals surface area (Å²) in [7, 11) is 0. The van der Waals surface area contributed by atoms with Gasteiger partial charge in [0.15, 0.2) is 0 Å². The Morgan fingerprint density at radius 3 is 2.89 bits per heavy atom. The first-order valence-corrected chi connectivity index (χ1v) is 7.80. The lowest BCUT2D eigenvalue weighted by Gasteiger charge is -2.34. The Morgan fingerprint density at radius 1 is 1.32 bits per heavy atom. The van der Waals surface area contributed by atoms with Gasteiger partial charge in [-0.25, -0.2) is 0 Å². The van der Waals surface area contributed by atoms with Gasteiger partial charge in [-0.1, -0.05) is 24.3 Å². The first-order valence-electron chi connectivity index (χ1n) is 6.92. The van der Waals surface area contributed by atoms with Crippen molar-refractivity contribution in [3.63, 3.8) is 0 Å². The zero-order valence-electron chi connectivity index (χ0n) is 11.1. The molecule has 1 saturated heterocycles. The summed E-state index contributed by atoms with van der Waals surface area (Å²) >= 11 is 1.86. The highest BCUT2D eigenvalue weighted by molar-refractivity contribution is 7.17. The number of nitrogens with zero attached hydrogens (tertiary/aromatic N) is 1. The molecule has 2 nitrogen and oxygen atoms in total. The van der Waals surface area contributed by atoms with Crippen LogP contribution in [0.2, 0.25) is 0 Å². The Bertz CT molecular complexity index is 555. The third kappa shape index (κ3) is 2.59. The molecule has 3 heteroatoms. The van der Waals surface area contributed by atoms with E-state index in [-0.39, 0.29) is 0 Å². The SMILES string of the molecule is C=CC[C@H](c1csc2ccccc12)N1CCNCC1. The number of thiophene rings is 1. The summed E-state index contributed by atoms with van der Waals surface area (Å²) < 4.78 is 1.39. The minimum Gasteiger partial charge on any atom is -0.314 e. The van der Waals surface area contributed by atoms with Crippen LogP contribution in [0.4, 0.5) is 0 Å². The molecule has 0 spiro atoms. The zero-order chi connectivity index (χ0) is 13.1. The minimum absolute atomic E-state index is 0.482. The van der Waals surface area contributed by atoms with E-state index < -0.39 is 0 Å². The molecular formula is C16H20N2S. The molecule has 19 heavy (non-hydrogen) atoms. The number of benzene rings is 1. The molecule has 0 radical (unpaired) electrons. The monoisotopic (exact) mass is 272 g/mol. The maximum absolute atomic E-state index is 3.95. The summed E-state index contributed by atoms with van der Waals surface area (Å²) in [6.45, 7) is 8.39. The Kier molecular flexibility index (Phi) is 3.97. The van der Waals surface area contributed by atoms with E-state index in [0.29, 0.717) is 6.04 Å². The molecule has 2 aromatic rings. The highest BCUT2D eigenvalue weighted by atomic mass is 32.1. The second-order valence-electron chi connectivity index (χ2n) is 5.01. The second kappa shape index (κ2) is 5.87. The molecule has 0 unspecified atom stereocenters. The van der Waals surface area contributed by atoms with Gasteiger partial charge < -0.3 is 5.32 Å². The second-order valence-corrected chi connectivity index (χ2v) is 5.92. The van der Waals surface area contributed by atoms with E-state index in [1.807, 2.05) is 11.3 Å². The molecule has 1 aromatic heterocycles. The molecular weight excluding hydrogens is 252 g/mol. The van der Waals surface area contributed by atoms with Gasteiger partial charge in [-0.2, -0.15) is 0 Å². The smallest absolute Gasteiger partial charge is 0.0397 e. The van der Waals surface area contributed by atoms with Crippen LogP contribution in [-0.2, 0) is 0 Å². The lowest BCUT2D eigenvalue weighted by Crippen LogP contribution is -2.45. The van der Waals surface area contributed by atoms with Gasteiger partial charge >= 0.3 is 0 Å². The first-order chi connectivity index (χ1) is 9.40. The number of nitrogens with one attached hydrogen (secondary N) is 1. The number of hydrogen-bond acceptors (Lipinski definition) is 3. The molecule has 0 aliphatic carbocycles. The third-order valence-corrected chi connectivity index (χ3v) is 4.83. The Morgan fingerprint density at radius 2 is 2.11 bits per heavy atom. The van der Waals surface area contributed by atoms with E-state index in [2.05, 4.69) is 52.5 Å². The van der Waals surface area contributed by atoms with Crippen LogP contribution in [-0.4, -0.2) is 31.1 Å². The molecule has 0 amide bonds. The fraction of sp³-hybridized carbons (Fsp3) is 0.375. The van der Waals surface area contributed by atoms with Gasteiger partial charge in [-0.3, -0.25) is 4.90 Å². The molecule has 3 rings (SSSR count). The van der Waals surface area contributed by atoms with Gasteiger partial charge in [0, 0.05) is 36.9 Å². The quantitative estimate of drug-likeness (QED) is 0.858. The van der Waals surface area contributed by atoms with Crippen molar-refractivity contribution < 1.29 is 0 Å². The highest BCUT2D eigenvalue weighted by Gasteiger charge is 2.23. The van der Waals surface area contributed by atoms with E-state index in [9.17, 15) is 0 Å². The molecule has 0 bridgehead atoms. The van der Waals surface area contributed by atoms with Gasteiger partial charge in [0.2, 0.25) is 0 Å². The fourth-order valence-corrected chi connectivity index (χ4v) is 3.89. The number of rotatable bonds is 4. The molecule has 1 atom stereocenters. The van der Waals surface area contributed by atoms with Crippen molar-refractivity contribution in [2.75, 3.05) is 26.2 Å². The predicted molar refractivity (Wildman–Crippen MR) is 83.8 cm³/mol. The normalized spacial score (nSPS) is 18.5. The van der Waals surface area contributed by atoms with Crippen LogP contribution >= 0.6 is 11.3 Å². The van der Waals surface area contributed by atoms with Crippen LogP contribution in [0.3, 0.4) is 0 Å². The number of piperazine rings is 1. The molecule has 100 valence electrons. The first kappa shape index (κ1) is 12.9. The van der Waals surface area contributed by atoms with E-state index in [4.69, 9.17) is 0 Å². The van der Waals surface area contributed by atoms with Gasteiger partial charge in [0.05, 0.1) is 0 Å². The average molecular weight is 272 g/mol. The van der Waals surface area contributed by atoms with Crippen molar-refractivity contribution in [3.05, 3.63) is 47.9 Å².